The number of rotatable bonds is 5. The van der Waals surface area contributed by atoms with E-state index >= 15 is 0 Å². The van der Waals surface area contributed by atoms with Crippen LogP contribution >= 0.6 is 0 Å². The fourth-order valence-corrected chi connectivity index (χ4v) is 3.17. The molecule has 0 fully saturated rings. The van der Waals surface area contributed by atoms with Crippen molar-refractivity contribution in [3.05, 3.63) is 52.3 Å². The smallest absolute Gasteiger partial charge is 0.437 e. The van der Waals surface area contributed by atoms with Crippen LogP contribution in [0.25, 0.3) is 0 Å². The first-order valence-corrected chi connectivity index (χ1v) is 8.60. The number of oxime groups is 1. The molecule has 0 amide bonds. The van der Waals surface area contributed by atoms with Gasteiger partial charge in [0.05, 0.1) is 17.7 Å². The number of carboxylic acids is 1. The summed E-state index contributed by atoms with van der Waals surface area (Å²) in [6.45, 7) is 0.717. The van der Waals surface area contributed by atoms with Crippen molar-refractivity contribution in [1.29, 1.82) is 0 Å². The number of benzene rings is 1. The van der Waals surface area contributed by atoms with Gasteiger partial charge in [0.25, 0.3) is 5.60 Å². The Morgan fingerprint density at radius 1 is 1.26 bits per heavy atom. The molecule has 13 heteroatoms. The van der Waals surface area contributed by atoms with Gasteiger partial charge in [0.1, 0.15) is 18.1 Å². The van der Waals surface area contributed by atoms with Crippen molar-refractivity contribution in [1.82, 2.24) is 9.78 Å². The lowest BCUT2D eigenvalue weighted by molar-refractivity contribution is -0.277. The maximum atomic E-state index is 14.0. The molecule has 168 valence electrons. The summed E-state index contributed by atoms with van der Waals surface area (Å²) in [6.07, 6.45) is -11.1. The second kappa shape index (κ2) is 7.55. The van der Waals surface area contributed by atoms with Gasteiger partial charge >= 0.3 is 18.3 Å². The zero-order valence-electron chi connectivity index (χ0n) is 16.0. The van der Waals surface area contributed by atoms with Crippen LogP contribution < -0.4 is 0 Å². The summed E-state index contributed by atoms with van der Waals surface area (Å²) >= 11 is 0. The molecule has 0 bridgehead atoms. The number of alkyl halides is 6. The number of hydrogen-bond donors (Lipinski definition) is 1. The van der Waals surface area contributed by atoms with E-state index in [1.54, 1.807) is 0 Å². The largest absolute Gasteiger partial charge is 0.478 e. The topological polar surface area (TPSA) is 85.9 Å². The molecule has 0 radical (unpaired) electrons. The molecular formula is C18H15F6N3O4. The molecule has 0 saturated carbocycles. The Morgan fingerprint density at radius 3 is 2.45 bits per heavy atom. The highest BCUT2D eigenvalue weighted by Gasteiger charge is 2.64. The summed E-state index contributed by atoms with van der Waals surface area (Å²) in [6, 6.07) is 4.00. The van der Waals surface area contributed by atoms with Crippen LogP contribution in [0.1, 0.15) is 39.3 Å². The number of aromatic nitrogens is 2. The molecule has 1 aliphatic rings. The lowest BCUT2D eigenvalue weighted by atomic mass is 9.89. The molecule has 1 aromatic carbocycles. The predicted octanol–water partition coefficient (Wildman–Crippen LogP) is 4.09. The van der Waals surface area contributed by atoms with Crippen molar-refractivity contribution in [2.75, 3.05) is 7.11 Å². The standard InChI is InChI=1S/C18H15F6N3O4/c1-9-5-10(3-4-11(9)15(28)29)12-7-16(31-26-12,18(22,23)24)13-6-14(17(19,20)21)27(25-13)8-30-2/h3-6H,7-8H2,1-2H3,(H,28,29). The normalized spacial score (nSPS) is 19.3. The molecule has 1 atom stereocenters. The fraction of sp³-hybridized carbons (Fsp3) is 0.389. The quantitative estimate of drug-likeness (QED) is 0.692. The van der Waals surface area contributed by atoms with E-state index in [-0.39, 0.29) is 33.2 Å². The van der Waals surface area contributed by atoms with Crippen molar-refractivity contribution in [3.63, 3.8) is 0 Å². The van der Waals surface area contributed by atoms with Crippen molar-refractivity contribution in [2.24, 2.45) is 5.16 Å². The number of halogens is 6. The minimum absolute atomic E-state index is 0.0570. The van der Waals surface area contributed by atoms with E-state index in [0.29, 0.717) is 0 Å². The highest BCUT2D eigenvalue weighted by molar-refractivity contribution is 6.03. The van der Waals surface area contributed by atoms with Gasteiger partial charge < -0.3 is 14.7 Å². The number of carboxylic acid groups (broad SMARTS) is 1. The first-order chi connectivity index (χ1) is 14.3. The summed E-state index contributed by atoms with van der Waals surface area (Å²) in [7, 11) is 1.07. The third kappa shape index (κ3) is 3.96. The van der Waals surface area contributed by atoms with Crippen LogP contribution in [-0.2, 0) is 28.1 Å². The predicted molar refractivity (Wildman–Crippen MR) is 92.3 cm³/mol. The lowest BCUT2D eigenvalue weighted by Gasteiger charge is -2.27. The van der Waals surface area contributed by atoms with Gasteiger partial charge in [-0.25, -0.2) is 9.48 Å². The van der Waals surface area contributed by atoms with E-state index in [1.807, 2.05) is 0 Å². The zero-order chi connectivity index (χ0) is 23.2. The highest BCUT2D eigenvalue weighted by atomic mass is 19.4. The number of carbonyl (C=O) groups is 1. The summed E-state index contributed by atoms with van der Waals surface area (Å²) < 4.78 is 86.7. The van der Waals surface area contributed by atoms with E-state index < -0.39 is 48.5 Å². The molecule has 0 aliphatic carbocycles. The number of ether oxygens (including phenoxy) is 1. The molecule has 0 spiro atoms. The number of methoxy groups -OCH3 is 1. The Labute approximate surface area is 170 Å². The van der Waals surface area contributed by atoms with Crippen LogP contribution in [0.5, 0.6) is 0 Å². The molecule has 1 aliphatic heterocycles. The van der Waals surface area contributed by atoms with Crippen LogP contribution in [0.15, 0.2) is 29.4 Å². The third-order valence-corrected chi connectivity index (χ3v) is 4.71. The Balaban J connectivity index is 2.04. The van der Waals surface area contributed by atoms with Crippen LogP contribution in [0.3, 0.4) is 0 Å². The van der Waals surface area contributed by atoms with Gasteiger partial charge in [0.15, 0.2) is 0 Å². The summed E-state index contributed by atoms with van der Waals surface area (Å²) in [4.78, 5) is 15.8. The first kappa shape index (κ1) is 22.6. The SMILES string of the molecule is COCn1nc(C2(C(F)(F)F)CC(c3ccc(C(=O)O)c(C)c3)=NO2)cc1C(F)(F)F. The van der Waals surface area contributed by atoms with E-state index in [9.17, 15) is 31.1 Å². The molecule has 31 heavy (non-hydrogen) atoms. The van der Waals surface area contributed by atoms with Gasteiger partial charge in [-0.15, -0.1) is 0 Å². The fourth-order valence-electron chi connectivity index (χ4n) is 3.17. The number of nitrogens with zero attached hydrogens (tertiary/aromatic N) is 3. The zero-order valence-corrected chi connectivity index (χ0v) is 16.0. The van der Waals surface area contributed by atoms with E-state index in [2.05, 4.69) is 15.0 Å². The average Bonchev–Trinajstić information content (AvgIpc) is 3.26. The molecule has 0 saturated heterocycles. The second-order valence-corrected chi connectivity index (χ2v) is 6.80. The maximum Gasteiger partial charge on any atom is 0.437 e. The van der Waals surface area contributed by atoms with E-state index in [0.717, 1.165) is 7.11 Å². The molecule has 1 aromatic heterocycles. The van der Waals surface area contributed by atoms with Crippen molar-refractivity contribution < 1.29 is 45.8 Å². The van der Waals surface area contributed by atoms with E-state index in [1.165, 1.54) is 25.1 Å². The maximum absolute atomic E-state index is 14.0. The molecule has 7 nitrogen and oxygen atoms in total. The van der Waals surface area contributed by atoms with Crippen molar-refractivity contribution in [2.45, 2.75) is 38.0 Å². The minimum atomic E-state index is -5.16. The summed E-state index contributed by atoms with van der Waals surface area (Å²) in [5.41, 5.74) is -5.58. The van der Waals surface area contributed by atoms with Gasteiger partial charge in [0.2, 0.25) is 0 Å². The van der Waals surface area contributed by atoms with Crippen LogP contribution in [0, 0.1) is 6.92 Å². The van der Waals surface area contributed by atoms with Crippen LogP contribution in [0.4, 0.5) is 26.3 Å². The monoisotopic (exact) mass is 451 g/mol. The van der Waals surface area contributed by atoms with Gasteiger partial charge in [0, 0.05) is 7.11 Å². The summed E-state index contributed by atoms with van der Waals surface area (Å²) in [5, 5.41) is 16.0. The van der Waals surface area contributed by atoms with Gasteiger partial charge in [-0.2, -0.15) is 31.4 Å². The molecule has 1 unspecified atom stereocenters. The molecular weight excluding hydrogens is 436 g/mol. The Bertz CT molecular complexity index is 1040. The van der Waals surface area contributed by atoms with Crippen LogP contribution in [0.2, 0.25) is 0 Å². The van der Waals surface area contributed by atoms with Crippen molar-refractivity contribution in [3.8, 4) is 0 Å². The first-order valence-electron chi connectivity index (χ1n) is 8.60. The highest BCUT2D eigenvalue weighted by Crippen LogP contribution is 2.49. The minimum Gasteiger partial charge on any atom is -0.478 e. The number of aryl methyl sites for hydroxylation is 1. The molecule has 1 N–H and O–H groups in total. The Hall–Kier alpha value is -3.09. The van der Waals surface area contributed by atoms with Gasteiger partial charge in [-0.1, -0.05) is 11.2 Å². The second-order valence-electron chi connectivity index (χ2n) is 6.80. The van der Waals surface area contributed by atoms with Crippen molar-refractivity contribution >= 4 is 11.7 Å². The third-order valence-electron chi connectivity index (χ3n) is 4.71. The van der Waals surface area contributed by atoms with Crippen LogP contribution in [-0.4, -0.2) is 39.9 Å². The number of aromatic carboxylic acids is 1. The Kier molecular flexibility index (Phi) is 5.50. The molecule has 2 heterocycles. The number of hydrogen-bond acceptors (Lipinski definition) is 5. The lowest BCUT2D eigenvalue weighted by Crippen LogP contribution is -2.43. The molecule has 3 rings (SSSR count). The van der Waals surface area contributed by atoms with Gasteiger partial charge in [-0.3, -0.25) is 0 Å². The average molecular weight is 451 g/mol. The summed E-state index contributed by atoms with van der Waals surface area (Å²) in [5.74, 6) is -1.22. The van der Waals surface area contributed by atoms with E-state index in [4.69, 9.17) is 9.94 Å². The molecule has 2 aromatic rings. The van der Waals surface area contributed by atoms with Gasteiger partial charge in [-0.05, 0) is 36.2 Å². The Morgan fingerprint density at radius 2 is 1.94 bits per heavy atom.